The van der Waals surface area contributed by atoms with Gasteiger partial charge in [-0.3, -0.25) is 4.79 Å². The lowest BCUT2D eigenvalue weighted by atomic mass is 10.2. The van der Waals surface area contributed by atoms with Gasteiger partial charge in [0.2, 0.25) is 0 Å². The molecule has 8 heteroatoms. The molecule has 0 spiro atoms. The zero-order valence-electron chi connectivity index (χ0n) is 10.5. The number of nitrogens with zero attached hydrogens (tertiary/aromatic N) is 1. The number of aliphatic hydroxyl groups excluding tert-OH is 1. The van der Waals surface area contributed by atoms with Crippen molar-refractivity contribution in [3.05, 3.63) is 0 Å². The van der Waals surface area contributed by atoms with Crippen LogP contribution >= 0.6 is 0 Å². The monoisotopic (exact) mass is 262 g/mol. The number of ether oxygens (including phenoxy) is 1. The highest BCUT2D eigenvalue weighted by molar-refractivity contribution is 5.83. The van der Waals surface area contributed by atoms with Gasteiger partial charge in [-0.1, -0.05) is 6.92 Å². The van der Waals surface area contributed by atoms with Crippen LogP contribution in [0, 0.1) is 5.92 Å². The number of amides is 2. The van der Waals surface area contributed by atoms with Crippen molar-refractivity contribution in [3.63, 3.8) is 0 Å². The molecular formula is C10H18N2O6. The Kier molecular flexibility index (Phi) is 6.73. The molecule has 2 amide bonds. The van der Waals surface area contributed by atoms with Gasteiger partial charge in [0.1, 0.15) is 0 Å². The highest BCUT2D eigenvalue weighted by Gasteiger charge is 2.23. The Labute approximate surface area is 105 Å². The topological polar surface area (TPSA) is 116 Å². The molecule has 2 atom stereocenters. The molecule has 104 valence electrons. The van der Waals surface area contributed by atoms with Crippen LogP contribution in [0.15, 0.2) is 0 Å². The lowest BCUT2D eigenvalue weighted by Gasteiger charge is -2.22. The van der Waals surface area contributed by atoms with Gasteiger partial charge in [-0.05, 0) is 0 Å². The van der Waals surface area contributed by atoms with E-state index in [9.17, 15) is 14.4 Å². The first-order valence-corrected chi connectivity index (χ1v) is 5.26. The van der Waals surface area contributed by atoms with Crippen LogP contribution in [0.1, 0.15) is 6.92 Å². The predicted molar refractivity (Wildman–Crippen MR) is 60.9 cm³/mol. The summed E-state index contributed by atoms with van der Waals surface area (Å²) in [5.41, 5.74) is 0. The maximum atomic E-state index is 11.6. The summed E-state index contributed by atoms with van der Waals surface area (Å²) in [4.78, 5) is 34.4. The summed E-state index contributed by atoms with van der Waals surface area (Å²) in [6, 6.07) is -2.06. The van der Waals surface area contributed by atoms with Crippen molar-refractivity contribution in [2.45, 2.75) is 13.0 Å². The molecular weight excluding hydrogens is 244 g/mol. The number of aliphatic carboxylic acids is 1. The Morgan fingerprint density at radius 3 is 2.33 bits per heavy atom. The van der Waals surface area contributed by atoms with Crippen LogP contribution in [-0.4, -0.2) is 66.4 Å². The number of rotatable bonds is 6. The maximum absolute atomic E-state index is 11.6. The van der Waals surface area contributed by atoms with Crippen LogP contribution in [-0.2, 0) is 14.3 Å². The zero-order chi connectivity index (χ0) is 14.3. The highest BCUT2D eigenvalue weighted by atomic mass is 16.5. The van der Waals surface area contributed by atoms with Gasteiger partial charge in [-0.15, -0.1) is 0 Å². The summed E-state index contributed by atoms with van der Waals surface area (Å²) in [7, 11) is 2.65. The minimum Gasteiger partial charge on any atom is -0.480 e. The van der Waals surface area contributed by atoms with Gasteiger partial charge in [-0.25, -0.2) is 9.59 Å². The number of carboxylic acid groups (broad SMARTS) is 1. The number of hydrogen-bond acceptors (Lipinski definition) is 5. The lowest BCUT2D eigenvalue weighted by Crippen LogP contribution is -2.49. The van der Waals surface area contributed by atoms with E-state index < -0.39 is 36.5 Å². The molecule has 0 heterocycles. The van der Waals surface area contributed by atoms with Crippen molar-refractivity contribution >= 4 is 18.0 Å². The van der Waals surface area contributed by atoms with Crippen LogP contribution in [0.2, 0.25) is 0 Å². The number of carboxylic acids is 1. The molecule has 0 saturated carbocycles. The molecule has 0 aliphatic heterocycles. The van der Waals surface area contributed by atoms with Gasteiger partial charge in [0.05, 0.1) is 19.6 Å². The Morgan fingerprint density at radius 1 is 1.39 bits per heavy atom. The van der Waals surface area contributed by atoms with Crippen molar-refractivity contribution < 1.29 is 29.3 Å². The predicted octanol–water partition coefficient (Wildman–Crippen LogP) is -1.12. The zero-order valence-corrected chi connectivity index (χ0v) is 10.5. The first kappa shape index (κ1) is 16.2. The molecule has 18 heavy (non-hydrogen) atoms. The quantitative estimate of drug-likeness (QED) is 0.522. The van der Waals surface area contributed by atoms with E-state index in [1.54, 1.807) is 6.92 Å². The van der Waals surface area contributed by atoms with Gasteiger partial charge in [0, 0.05) is 13.6 Å². The third-order valence-electron chi connectivity index (χ3n) is 2.28. The third kappa shape index (κ3) is 5.00. The van der Waals surface area contributed by atoms with E-state index >= 15 is 0 Å². The van der Waals surface area contributed by atoms with Crippen LogP contribution < -0.4 is 5.32 Å². The van der Waals surface area contributed by atoms with Gasteiger partial charge in [0.25, 0.3) is 0 Å². The number of nitrogens with one attached hydrogen (secondary N) is 1. The summed E-state index contributed by atoms with van der Waals surface area (Å²) in [6.07, 6.45) is 0. The van der Waals surface area contributed by atoms with Crippen LogP contribution in [0.25, 0.3) is 0 Å². The highest BCUT2D eigenvalue weighted by Crippen LogP contribution is 2.01. The fraction of sp³-hybridized carbons (Fsp3) is 0.700. The summed E-state index contributed by atoms with van der Waals surface area (Å²) in [5, 5.41) is 19.5. The lowest BCUT2D eigenvalue weighted by molar-refractivity contribution is -0.145. The molecule has 0 radical (unpaired) electrons. The number of carbonyl (C=O) groups excluding carboxylic acids is 2. The molecule has 0 aromatic rings. The standard InChI is InChI=1S/C10H18N2O6/c1-6(9(16)18-3)4-12(2)10(17)11-7(5-13)8(14)15/h6-7,13H,4-5H2,1-3H3,(H,11,17)(H,14,15)/t6?,7-/m0/s1. The fourth-order valence-electron chi connectivity index (χ4n) is 1.21. The molecule has 0 aromatic heterocycles. The minimum absolute atomic E-state index is 0.0796. The molecule has 0 fully saturated rings. The van der Waals surface area contributed by atoms with Gasteiger partial charge >= 0.3 is 18.0 Å². The van der Waals surface area contributed by atoms with Gasteiger partial charge in [0.15, 0.2) is 6.04 Å². The van der Waals surface area contributed by atoms with Crippen molar-refractivity contribution in [1.29, 1.82) is 0 Å². The smallest absolute Gasteiger partial charge is 0.328 e. The van der Waals surface area contributed by atoms with Crippen molar-refractivity contribution in [2.75, 3.05) is 27.3 Å². The molecule has 0 aliphatic carbocycles. The number of esters is 1. The second-order valence-electron chi connectivity index (χ2n) is 3.83. The van der Waals surface area contributed by atoms with Crippen molar-refractivity contribution in [3.8, 4) is 0 Å². The molecule has 0 bridgehead atoms. The second-order valence-corrected chi connectivity index (χ2v) is 3.83. The van der Waals surface area contributed by atoms with Crippen LogP contribution in [0.5, 0.6) is 0 Å². The summed E-state index contributed by atoms with van der Waals surface area (Å²) in [6.45, 7) is 0.952. The van der Waals surface area contributed by atoms with Gasteiger partial charge < -0.3 is 25.2 Å². The third-order valence-corrected chi connectivity index (χ3v) is 2.28. The van der Waals surface area contributed by atoms with E-state index in [-0.39, 0.29) is 6.54 Å². The number of hydrogen-bond donors (Lipinski definition) is 3. The maximum Gasteiger partial charge on any atom is 0.328 e. The van der Waals surface area contributed by atoms with Crippen LogP contribution in [0.3, 0.4) is 0 Å². The molecule has 0 aliphatic rings. The summed E-state index contributed by atoms with van der Waals surface area (Å²) < 4.78 is 4.50. The van der Waals surface area contributed by atoms with E-state index in [2.05, 4.69) is 10.1 Å². The molecule has 0 aromatic carbocycles. The van der Waals surface area contributed by atoms with E-state index in [1.807, 2.05) is 0 Å². The Balaban J connectivity index is 4.34. The van der Waals surface area contributed by atoms with E-state index in [1.165, 1.54) is 14.2 Å². The number of carbonyl (C=O) groups is 3. The molecule has 8 nitrogen and oxygen atoms in total. The SMILES string of the molecule is COC(=O)C(C)CN(C)C(=O)N[C@@H](CO)C(=O)O. The van der Waals surface area contributed by atoms with E-state index in [4.69, 9.17) is 10.2 Å². The van der Waals surface area contributed by atoms with E-state index in [0.29, 0.717) is 0 Å². The average Bonchev–Trinajstić information content (AvgIpc) is 2.33. The molecule has 0 saturated heterocycles. The minimum atomic E-state index is -1.37. The van der Waals surface area contributed by atoms with Crippen LogP contribution in [0.4, 0.5) is 4.79 Å². The second kappa shape index (κ2) is 7.49. The molecule has 0 rings (SSSR count). The number of methoxy groups -OCH3 is 1. The Bertz CT molecular complexity index is 319. The Morgan fingerprint density at radius 2 is 1.94 bits per heavy atom. The number of aliphatic hydroxyl groups is 1. The van der Waals surface area contributed by atoms with Gasteiger partial charge in [-0.2, -0.15) is 0 Å². The molecule has 3 N–H and O–H groups in total. The average molecular weight is 262 g/mol. The normalized spacial score (nSPS) is 13.3. The van der Waals surface area contributed by atoms with E-state index in [0.717, 1.165) is 4.90 Å². The van der Waals surface area contributed by atoms with Crippen molar-refractivity contribution in [1.82, 2.24) is 10.2 Å². The first-order valence-electron chi connectivity index (χ1n) is 5.26. The Hall–Kier alpha value is -1.83. The first-order chi connectivity index (χ1) is 8.33. The fourth-order valence-corrected chi connectivity index (χ4v) is 1.21. The summed E-state index contributed by atoms with van der Waals surface area (Å²) in [5.74, 6) is -2.32. The largest absolute Gasteiger partial charge is 0.480 e. The number of urea groups is 1. The molecule has 1 unspecified atom stereocenters. The van der Waals surface area contributed by atoms with Crippen molar-refractivity contribution in [2.24, 2.45) is 5.92 Å². The summed E-state index contributed by atoms with van der Waals surface area (Å²) >= 11 is 0.